The summed E-state index contributed by atoms with van der Waals surface area (Å²) in [5.41, 5.74) is 0.942. The molecule has 0 bridgehead atoms. The Hall–Kier alpha value is -1.40. The Bertz CT molecular complexity index is 666. The Kier molecular flexibility index (Phi) is 3.52. The number of aliphatic hydroxyl groups is 1. The third-order valence-electron chi connectivity index (χ3n) is 3.47. The molecular weight excluding hydrogens is 327 g/mol. The molecule has 106 valence electrons. The highest BCUT2D eigenvalue weighted by molar-refractivity contribution is 9.10. The fourth-order valence-electron chi connectivity index (χ4n) is 2.37. The number of nitrogens with one attached hydrogen (secondary N) is 1. The first kappa shape index (κ1) is 13.6. The van der Waals surface area contributed by atoms with Crippen molar-refractivity contribution in [2.75, 3.05) is 13.2 Å². The number of H-pyrrole nitrogens is 1. The van der Waals surface area contributed by atoms with Gasteiger partial charge in [0.25, 0.3) is 5.91 Å². The molecule has 0 saturated heterocycles. The Balaban J connectivity index is 1.96. The third kappa shape index (κ3) is 2.45. The number of aliphatic hydroxyl groups excluding tert-OH is 1. The van der Waals surface area contributed by atoms with Gasteiger partial charge >= 0.3 is 0 Å². The van der Waals surface area contributed by atoms with E-state index in [-0.39, 0.29) is 24.4 Å². The topological polar surface area (TPSA) is 56.3 Å². The zero-order valence-corrected chi connectivity index (χ0v) is 12.3. The van der Waals surface area contributed by atoms with E-state index in [0.717, 1.165) is 12.8 Å². The molecule has 0 aliphatic heterocycles. The number of benzene rings is 1. The second kappa shape index (κ2) is 5.18. The molecule has 1 heterocycles. The van der Waals surface area contributed by atoms with E-state index < -0.39 is 0 Å². The average molecular weight is 341 g/mol. The van der Waals surface area contributed by atoms with Crippen LogP contribution in [0.1, 0.15) is 23.3 Å². The smallest absolute Gasteiger partial charge is 0.270 e. The molecule has 1 aromatic heterocycles. The van der Waals surface area contributed by atoms with Crippen LogP contribution < -0.4 is 0 Å². The molecule has 20 heavy (non-hydrogen) atoms. The maximum atomic E-state index is 13.8. The van der Waals surface area contributed by atoms with Gasteiger partial charge in [-0.25, -0.2) is 4.39 Å². The Labute approximate surface area is 123 Å². The van der Waals surface area contributed by atoms with Crippen molar-refractivity contribution < 1.29 is 14.3 Å². The lowest BCUT2D eigenvalue weighted by atomic mass is 10.2. The summed E-state index contributed by atoms with van der Waals surface area (Å²) in [5, 5.41) is 9.46. The van der Waals surface area contributed by atoms with Crippen molar-refractivity contribution in [2.24, 2.45) is 0 Å². The van der Waals surface area contributed by atoms with Crippen molar-refractivity contribution in [1.82, 2.24) is 9.88 Å². The van der Waals surface area contributed by atoms with Gasteiger partial charge in [0.05, 0.1) is 12.1 Å². The highest BCUT2D eigenvalue weighted by atomic mass is 79.9. The lowest BCUT2D eigenvalue weighted by Gasteiger charge is -2.20. The van der Waals surface area contributed by atoms with E-state index in [4.69, 9.17) is 5.11 Å². The van der Waals surface area contributed by atoms with Crippen molar-refractivity contribution in [3.8, 4) is 0 Å². The first-order valence-corrected chi connectivity index (χ1v) is 7.29. The molecule has 2 N–H and O–H groups in total. The zero-order chi connectivity index (χ0) is 14.3. The van der Waals surface area contributed by atoms with Gasteiger partial charge in [-0.3, -0.25) is 4.79 Å². The summed E-state index contributed by atoms with van der Waals surface area (Å²) in [7, 11) is 0. The SMILES string of the molecule is O=C(c1cc2c(F)cc(Br)cc2[nH]1)N(CCO)C1CC1. The fourth-order valence-corrected chi connectivity index (χ4v) is 2.80. The van der Waals surface area contributed by atoms with Crippen molar-refractivity contribution in [2.45, 2.75) is 18.9 Å². The zero-order valence-electron chi connectivity index (χ0n) is 10.7. The molecule has 1 aromatic carbocycles. The number of carbonyl (C=O) groups excluding carboxylic acids is 1. The molecule has 1 aliphatic carbocycles. The van der Waals surface area contributed by atoms with Crippen molar-refractivity contribution in [1.29, 1.82) is 0 Å². The summed E-state index contributed by atoms with van der Waals surface area (Å²) in [6.07, 6.45) is 1.93. The number of amides is 1. The van der Waals surface area contributed by atoms with Crippen LogP contribution in [0.25, 0.3) is 10.9 Å². The Morgan fingerprint density at radius 3 is 2.85 bits per heavy atom. The first-order chi connectivity index (χ1) is 9.60. The number of aromatic amines is 1. The van der Waals surface area contributed by atoms with E-state index in [9.17, 15) is 9.18 Å². The maximum Gasteiger partial charge on any atom is 0.270 e. The van der Waals surface area contributed by atoms with Gasteiger partial charge in [-0.15, -0.1) is 0 Å². The summed E-state index contributed by atoms with van der Waals surface area (Å²) in [4.78, 5) is 17.0. The highest BCUT2D eigenvalue weighted by Gasteiger charge is 2.33. The minimum absolute atomic E-state index is 0.0671. The number of hydrogen-bond donors (Lipinski definition) is 2. The average Bonchev–Trinajstić information content (AvgIpc) is 3.14. The fraction of sp³-hybridized carbons (Fsp3) is 0.357. The molecule has 1 amide bonds. The third-order valence-corrected chi connectivity index (χ3v) is 3.93. The minimum Gasteiger partial charge on any atom is -0.395 e. The van der Waals surface area contributed by atoms with Crippen molar-refractivity contribution >= 4 is 32.7 Å². The number of rotatable bonds is 4. The molecule has 2 aromatic rings. The van der Waals surface area contributed by atoms with Crippen LogP contribution in [-0.4, -0.2) is 40.1 Å². The number of aromatic nitrogens is 1. The summed E-state index contributed by atoms with van der Waals surface area (Å²) < 4.78 is 14.5. The van der Waals surface area contributed by atoms with Gasteiger partial charge in [0.2, 0.25) is 0 Å². The van der Waals surface area contributed by atoms with Crippen LogP contribution in [0.15, 0.2) is 22.7 Å². The molecular formula is C14H14BrFN2O2. The van der Waals surface area contributed by atoms with Crippen molar-refractivity contribution in [3.63, 3.8) is 0 Å². The summed E-state index contributed by atoms with van der Waals surface area (Å²) in [6, 6.07) is 4.85. The minimum atomic E-state index is -0.371. The van der Waals surface area contributed by atoms with E-state index in [1.54, 1.807) is 11.0 Å². The van der Waals surface area contributed by atoms with Crippen LogP contribution in [-0.2, 0) is 0 Å². The summed E-state index contributed by atoms with van der Waals surface area (Å²) >= 11 is 3.23. The first-order valence-electron chi connectivity index (χ1n) is 6.49. The number of carbonyl (C=O) groups is 1. The molecule has 3 rings (SSSR count). The van der Waals surface area contributed by atoms with Crippen LogP contribution in [0, 0.1) is 5.82 Å². The van der Waals surface area contributed by atoms with Gasteiger partial charge in [0.15, 0.2) is 0 Å². The van der Waals surface area contributed by atoms with Crippen LogP contribution in [0.4, 0.5) is 4.39 Å². The van der Waals surface area contributed by atoms with Crippen LogP contribution in [0.3, 0.4) is 0 Å². The predicted octanol–water partition coefficient (Wildman–Crippen LogP) is 2.67. The lowest BCUT2D eigenvalue weighted by Crippen LogP contribution is -2.35. The summed E-state index contributed by atoms with van der Waals surface area (Å²) in [5.74, 6) is -0.557. The quantitative estimate of drug-likeness (QED) is 0.898. The molecule has 1 fully saturated rings. The number of nitrogens with zero attached hydrogens (tertiary/aromatic N) is 1. The molecule has 6 heteroatoms. The van der Waals surface area contributed by atoms with E-state index in [1.165, 1.54) is 12.1 Å². The second-order valence-corrected chi connectivity index (χ2v) is 5.90. The van der Waals surface area contributed by atoms with E-state index in [1.807, 2.05) is 0 Å². The van der Waals surface area contributed by atoms with Crippen LogP contribution in [0.2, 0.25) is 0 Å². The predicted molar refractivity (Wildman–Crippen MR) is 77.1 cm³/mol. The van der Waals surface area contributed by atoms with Crippen molar-refractivity contribution in [3.05, 3.63) is 34.2 Å². The van der Waals surface area contributed by atoms with Gasteiger partial charge in [0.1, 0.15) is 11.5 Å². The lowest BCUT2D eigenvalue weighted by molar-refractivity contribution is 0.0702. The standard InChI is InChI=1S/C14H14BrFN2O2/c15-8-5-11(16)10-7-13(17-12(10)6-8)14(20)18(3-4-19)9-1-2-9/h5-7,9,17,19H,1-4H2. The van der Waals surface area contributed by atoms with Gasteiger partial charge < -0.3 is 15.0 Å². The van der Waals surface area contributed by atoms with Crippen LogP contribution >= 0.6 is 15.9 Å². The molecule has 0 spiro atoms. The highest BCUT2D eigenvalue weighted by Crippen LogP contribution is 2.29. The van der Waals surface area contributed by atoms with Gasteiger partial charge in [-0.2, -0.15) is 0 Å². The molecule has 1 aliphatic rings. The molecule has 0 atom stereocenters. The summed E-state index contributed by atoms with van der Waals surface area (Å²) in [6.45, 7) is 0.243. The number of halogens is 2. The van der Waals surface area contributed by atoms with Gasteiger partial charge in [-0.1, -0.05) is 15.9 Å². The van der Waals surface area contributed by atoms with E-state index >= 15 is 0 Å². The van der Waals surface area contributed by atoms with Crippen LogP contribution in [0.5, 0.6) is 0 Å². The monoisotopic (exact) mass is 340 g/mol. The Morgan fingerprint density at radius 2 is 2.20 bits per heavy atom. The number of fused-ring (bicyclic) bond motifs is 1. The van der Waals surface area contributed by atoms with Gasteiger partial charge in [-0.05, 0) is 31.0 Å². The normalized spacial score (nSPS) is 14.8. The van der Waals surface area contributed by atoms with Gasteiger partial charge in [0, 0.05) is 22.4 Å². The second-order valence-electron chi connectivity index (χ2n) is 4.99. The molecule has 0 radical (unpaired) electrons. The maximum absolute atomic E-state index is 13.8. The largest absolute Gasteiger partial charge is 0.395 e. The van der Waals surface area contributed by atoms with E-state index in [2.05, 4.69) is 20.9 Å². The molecule has 0 unspecified atom stereocenters. The molecule has 1 saturated carbocycles. The van der Waals surface area contributed by atoms with E-state index in [0.29, 0.717) is 27.6 Å². The number of hydrogen-bond acceptors (Lipinski definition) is 2. The molecule has 4 nitrogen and oxygen atoms in total. The Morgan fingerprint density at radius 1 is 1.45 bits per heavy atom.